The van der Waals surface area contributed by atoms with Crippen LogP contribution >= 0.6 is 0 Å². The van der Waals surface area contributed by atoms with Gasteiger partial charge in [-0.25, -0.2) is 0 Å². The van der Waals surface area contributed by atoms with E-state index in [1.165, 1.54) is 31.2 Å². The number of amides is 2. The van der Waals surface area contributed by atoms with Crippen LogP contribution in [0.15, 0.2) is 92.1 Å². The molecule has 0 unspecified atom stereocenters. The second-order valence-electron chi connectivity index (χ2n) is 7.20. The molecule has 0 aliphatic heterocycles. The van der Waals surface area contributed by atoms with Crippen LogP contribution in [0.2, 0.25) is 0 Å². The lowest BCUT2D eigenvalue weighted by molar-refractivity contribution is -0.116. The van der Waals surface area contributed by atoms with E-state index in [2.05, 4.69) is 31.1 Å². The summed E-state index contributed by atoms with van der Waals surface area (Å²) >= 11 is 0. The fourth-order valence-corrected chi connectivity index (χ4v) is 3.22. The highest BCUT2D eigenvalue weighted by atomic mass is 32.2. The fraction of sp³-hybridized carbons (Fsp3) is 0.130. The molecule has 3 rings (SSSR count). The summed E-state index contributed by atoms with van der Waals surface area (Å²) in [5.41, 5.74) is 2.80. The van der Waals surface area contributed by atoms with Crippen molar-refractivity contribution in [2.24, 2.45) is 20.5 Å². The molecular formula is C23H22N6O5S. The fourth-order valence-electron chi connectivity index (χ4n) is 2.74. The molecule has 12 heteroatoms. The summed E-state index contributed by atoms with van der Waals surface area (Å²) in [6.07, 6.45) is 0.326. The molecule has 35 heavy (non-hydrogen) atoms. The Kier molecular flexibility index (Phi) is 8.12. The van der Waals surface area contributed by atoms with Gasteiger partial charge in [0.1, 0.15) is 5.69 Å². The molecule has 11 nitrogen and oxygen atoms in total. The molecule has 0 aliphatic rings. The molecule has 0 aromatic heterocycles. The Labute approximate surface area is 201 Å². The number of hydrogen-bond acceptors (Lipinski definition) is 8. The first-order valence-electron chi connectivity index (χ1n) is 10.4. The molecule has 0 saturated heterocycles. The maximum atomic E-state index is 11.6. The maximum absolute atomic E-state index is 11.6. The molecule has 180 valence electrons. The zero-order valence-corrected chi connectivity index (χ0v) is 19.7. The van der Waals surface area contributed by atoms with E-state index in [4.69, 9.17) is 4.55 Å². The molecule has 0 bridgehead atoms. The van der Waals surface area contributed by atoms with Crippen molar-refractivity contribution < 1.29 is 22.6 Å². The van der Waals surface area contributed by atoms with Crippen LogP contribution in [0.4, 0.5) is 34.1 Å². The molecule has 3 N–H and O–H groups in total. The number of carbonyl (C=O) groups excluding carboxylic acids is 2. The highest BCUT2D eigenvalue weighted by Crippen LogP contribution is 2.31. The molecule has 0 spiro atoms. The van der Waals surface area contributed by atoms with Crippen molar-refractivity contribution >= 4 is 56.1 Å². The number of rotatable bonds is 8. The largest absolute Gasteiger partial charge is 0.326 e. The van der Waals surface area contributed by atoms with Gasteiger partial charge in [-0.2, -0.15) is 23.8 Å². The highest BCUT2D eigenvalue weighted by Gasteiger charge is 2.09. The second-order valence-corrected chi connectivity index (χ2v) is 8.62. The summed E-state index contributed by atoms with van der Waals surface area (Å²) in [7, 11) is -4.26. The van der Waals surface area contributed by atoms with Crippen molar-refractivity contribution in [2.75, 3.05) is 10.6 Å². The van der Waals surface area contributed by atoms with Crippen LogP contribution in [0.5, 0.6) is 0 Å². The Balaban J connectivity index is 1.72. The van der Waals surface area contributed by atoms with Crippen LogP contribution in [0, 0.1) is 0 Å². The number of benzene rings is 3. The highest BCUT2D eigenvalue weighted by molar-refractivity contribution is 7.85. The first-order chi connectivity index (χ1) is 16.6. The normalized spacial score (nSPS) is 11.6. The third kappa shape index (κ3) is 7.62. The molecule has 0 radical (unpaired) electrons. The van der Waals surface area contributed by atoms with E-state index in [9.17, 15) is 18.0 Å². The third-order valence-electron chi connectivity index (χ3n) is 4.45. The zero-order valence-electron chi connectivity index (χ0n) is 18.8. The molecule has 2 amide bonds. The maximum Gasteiger partial charge on any atom is 0.294 e. The molecule has 0 atom stereocenters. The number of nitrogens with one attached hydrogen (secondary N) is 2. The molecular weight excluding hydrogens is 472 g/mol. The van der Waals surface area contributed by atoms with Crippen molar-refractivity contribution in [1.29, 1.82) is 0 Å². The Morgan fingerprint density at radius 3 is 1.80 bits per heavy atom. The topological polar surface area (TPSA) is 162 Å². The first kappa shape index (κ1) is 25.3. The molecule has 0 fully saturated rings. The van der Waals surface area contributed by atoms with Crippen LogP contribution in [0.3, 0.4) is 0 Å². The predicted octanol–water partition coefficient (Wildman–Crippen LogP) is 6.07. The number of nitrogens with zero attached hydrogens (tertiary/aromatic N) is 4. The van der Waals surface area contributed by atoms with Crippen molar-refractivity contribution in [2.45, 2.75) is 25.2 Å². The smallest absolute Gasteiger partial charge is 0.294 e. The van der Waals surface area contributed by atoms with E-state index < -0.39 is 10.1 Å². The molecule has 0 saturated carbocycles. The van der Waals surface area contributed by atoms with Gasteiger partial charge in [0.2, 0.25) is 11.8 Å². The number of hydrogen-bond donors (Lipinski definition) is 3. The minimum Gasteiger partial charge on any atom is -0.326 e. The van der Waals surface area contributed by atoms with Gasteiger partial charge < -0.3 is 10.6 Å². The number of carbonyl (C=O) groups is 2. The summed E-state index contributed by atoms with van der Waals surface area (Å²) in [6.45, 7) is 3.11. The summed E-state index contributed by atoms with van der Waals surface area (Å²) in [4.78, 5) is 23.0. The second kappa shape index (κ2) is 11.2. The van der Waals surface area contributed by atoms with Crippen molar-refractivity contribution in [3.63, 3.8) is 0 Å². The van der Waals surface area contributed by atoms with Gasteiger partial charge in [0.25, 0.3) is 10.1 Å². The van der Waals surface area contributed by atoms with E-state index in [0.717, 1.165) is 0 Å². The van der Waals surface area contributed by atoms with E-state index in [1.807, 2.05) is 0 Å². The first-order valence-corrected chi connectivity index (χ1v) is 11.8. The molecule has 3 aromatic carbocycles. The lowest BCUT2D eigenvalue weighted by atomic mass is 10.2. The Morgan fingerprint density at radius 2 is 1.31 bits per heavy atom. The summed E-state index contributed by atoms with van der Waals surface area (Å²) < 4.78 is 31.2. The quantitative estimate of drug-likeness (QED) is 0.255. The summed E-state index contributed by atoms with van der Waals surface area (Å²) in [5, 5.41) is 21.9. The van der Waals surface area contributed by atoms with Crippen LogP contribution in [-0.2, 0) is 19.7 Å². The van der Waals surface area contributed by atoms with E-state index in [-0.39, 0.29) is 16.7 Å². The van der Waals surface area contributed by atoms with Crippen molar-refractivity contribution in [3.8, 4) is 0 Å². The lowest BCUT2D eigenvalue weighted by Gasteiger charge is -2.09. The zero-order chi connectivity index (χ0) is 25.4. The average molecular weight is 495 g/mol. The van der Waals surface area contributed by atoms with Gasteiger partial charge in [0, 0.05) is 19.0 Å². The SMILES string of the molecule is CCC(=O)Nc1ccc(N=Nc2ccc(N=Nc3ccc(S(=O)(=O)O)cc3)cc2)c(NC(C)=O)c1. The average Bonchev–Trinajstić information content (AvgIpc) is 2.82. The predicted molar refractivity (Wildman–Crippen MR) is 131 cm³/mol. The van der Waals surface area contributed by atoms with Crippen LogP contribution in [0.25, 0.3) is 0 Å². The van der Waals surface area contributed by atoms with Gasteiger partial charge in [-0.3, -0.25) is 14.1 Å². The Hall–Kier alpha value is -4.29. The van der Waals surface area contributed by atoms with Gasteiger partial charge in [0.15, 0.2) is 0 Å². The summed E-state index contributed by atoms with van der Waals surface area (Å²) in [6, 6.07) is 16.9. The minimum atomic E-state index is -4.26. The minimum absolute atomic E-state index is 0.152. The van der Waals surface area contributed by atoms with Crippen molar-refractivity contribution in [1.82, 2.24) is 0 Å². The number of azo groups is 2. The third-order valence-corrected chi connectivity index (χ3v) is 5.32. The van der Waals surface area contributed by atoms with E-state index in [1.54, 1.807) is 49.4 Å². The number of anilines is 2. The van der Waals surface area contributed by atoms with E-state index >= 15 is 0 Å². The monoisotopic (exact) mass is 494 g/mol. The lowest BCUT2D eigenvalue weighted by Crippen LogP contribution is -2.10. The van der Waals surface area contributed by atoms with Gasteiger partial charge >= 0.3 is 0 Å². The van der Waals surface area contributed by atoms with Crippen molar-refractivity contribution in [3.05, 3.63) is 66.7 Å². The summed E-state index contributed by atoms with van der Waals surface area (Å²) in [5.74, 6) is -0.441. The van der Waals surface area contributed by atoms with Gasteiger partial charge in [-0.15, -0.1) is 5.11 Å². The Morgan fingerprint density at radius 1 is 0.800 bits per heavy atom. The van der Waals surface area contributed by atoms with Crippen LogP contribution < -0.4 is 10.6 Å². The molecule has 0 aliphatic carbocycles. The van der Waals surface area contributed by atoms with Gasteiger partial charge in [-0.1, -0.05) is 6.92 Å². The van der Waals surface area contributed by atoms with Gasteiger partial charge in [-0.05, 0) is 66.7 Å². The Bertz CT molecular complexity index is 1380. The van der Waals surface area contributed by atoms with E-state index in [0.29, 0.717) is 40.5 Å². The van der Waals surface area contributed by atoms with Crippen LogP contribution in [0.1, 0.15) is 20.3 Å². The molecule has 0 heterocycles. The molecule has 3 aromatic rings. The van der Waals surface area contributed by atoms with Crippen LogP contribution in [-0.4, -0.2) is 24.8 Å². The van der Waals surface area contributed by atoms with Gasteiger partial charge in [0.05, 0.1) is 27.6 Å². The standard InChI is InChI=1S/C23H22N6O5S/c1-3-23(31)25-19-10-13-21(22(14-19)24-15(2)30)29-28-17-6-4-16(5-7-17)26-27-18-8-11-20(12-9-18)35(32,33)34/h4-14H,3H2,1-2H3,(H,24,30)(H,25,31)(H,32,33,34).